The molecule has 140 valence electrons. The van der Waals surface area contributed by atoms with Gasteiger partial charge in [-0.3, -0.25) is 5.01 Å². The van der Waals surface area contributed by atoms with Gasteiger partial charge in [0.05, 0.1) is 23.4 Å². The van der Waals surface area contributed by atoms with Crippen molar-refractivity contribution in [3.8, 4) is 0 Å². The topological polar surface area (TPSA) is 78.1 Å². The molecule has 0 bridgehead atoms. The van der Waals surface area contributed by atoms with E-state index < -0.39 is 10.0 Å². The predicted molar refractivity (Wildman–Crippen MR) is 100 cm³/mol. The minimum atomic E-state index is -3.58. The van der Waals surface area contributed by atoms with Crippen LogP contribution < -0.4 is 4.72 Å². The van der Waals surface area contributed by atoms with Gasteiger partial charge in [0.15, 0.2) is 0 Å². The average molecular weight is 376 g/mol. The number of nitrogens with zero attached hydrogens (tertiary/aromatic N) is 3. The fourth-order valence-electron chi connectivity index (χ4n) is 2.70. The van der Waals surface area contributed by atoms with Gasteiger partial charge in [0.1, 0.15) is 5.76 Å². The SMILES string of the molecule is C/C(=N\N1CCN(C)CC1)c1ccc(S(=O)(=O)NCc2ccco2)cc1. The lowest BCUT2D eigenvalue weighted by Gasteiger charge is -2.30. The molecule has 0 atom stereocenters. The smallest absolute Gasteiger partial charge is 0.240 e. The molecule has 3 rings (SSSR count). The number of hydrogen-bond donors (Lipinski definition) is 1. The van der Waals surface area contributed by atoms with Crippen molar-refractivity contribution in [2.24, 2.45) is 5.10 Å². The van der Waals surface area contributed by atoms with Gasteiger partial charge in [-0.1, -0.05) is 12.1 Å². The molecule has 1 fully saturated rings. The molecule has 2 aromatic rings. The summed E-state index contributed by atoms with van der Waals surface area (Å²) >= 11 is 0. The molecule has 2 heterocycles. The third-order valence-electron chi connectivity index (χ3n) is 4.37. The number of furan rings is 1. The summed E-state index contributed by atoms with van der Waals surface area (Å²) in [7, 11) is -1.47. The van der Waals surface area contributed by atoms with E-state index in [2.05, 4.69) is 26.8 Å². The van der Waals surface area contributed by atoms with Gasteiger partial charge in [-0.25, -0.2) is 13.1 Å². The van der Waals surface area contributed by atoms with Crippen LogP contribution in [0.4, 0.5) is 0 Å². The number of rotatable bonds is 6. The van der Waals surface area contributed by atoms with E-state index in [1.807, 2.05) is 6.92 Å². The van der Waals surface area contributed by atoms with Crippen LogP contribution in [0.5, 0.6) is 0 Å². The van der Waals surface area contributed by atoms with Crippen LogP contribution in [-0.4, -0.2) is 57.3 Å². The predicted octanol–water partition coefficient (Wildman–Crippen LogP) is 1.73. The fraction of sp³-hybridized carbons (Fsp3) is 0.389. The second-order valence-corrected chi connectivity index (χ2v) is 8.14. The van der Waals surface area contributed by atoms with E-state index >= 15 is 0 Å². The maximum atomic E-state index is 12.4. The summed E-state index contributed by atoms with van der Waals surface area (Å²) in [6, 6.07) is 10.2. The molecule has 7 nitrogen and oxygen atoms in total. The van der Waals surface area contributed by atoms with Crippen molar-refractivity contribution in [1.29, 1.82) is 0 Å². The van der Waals surface area contributed by atoms with E-state index in [0.717, 1.165) is 37.5 Å². The lowest BCUT2D eigenvalue weighted by Crippen LogP contribution is -2.42. The first-order chi connectivity index (χ1) is 12.4. The lowest BCUT2D eigenvalue weighted by atomic mass is 10.1. The lowest BCUT2D eigenvalue weighted by molar-refractivity contribution is 0.159. The Bertz CT molecular complexity index is 837. The molecule has 1 aromatic heterocycles. The van der Waals surface area contributed by atoms with E-state index in [0.29, 0.717) is 5.76 Å². The highest BCUT2D eigenvalue weighted by atomic mass is 32.2. The van der Waals surface area contributed by atoms with Crippen molar-refractivity contribution in [2.45, 2.75) is 18.4 Å². The zero-order valence-corrected chi connectivity index (χ0v) is 15.9. The maximum Gasteiger partial charge on any atom is 0.240 e. The summed E-state index contributed by atoms with van der Waals surface area (Å²) in [6.07, 6.45) is 1.51. The van der Waals surface area contributed by atoms with Crippen molar-refractivity contribution >= 4 is 15.7 Å². The number of likely N-dealkylation sites (N-methyl/N-ethyl adjacent to an activating group) is 1. The number of sulfonamides is 1. The first-order valence-corrected chi connectivity index (χ1v) is 10.0. The Kier molecular flexibility index (Phi) is 5.75. The van der Waals surface area contributed by atoms with E-state index in [9.17, 15) is 8.42 Å². The van der Waals surface area contributed by atoms with Gasteiger partial charge >= 0.3 is 0 Å². The van der Waals surface area contributed by atoms with E-state index in [1.54, 1.807) is 36.4 Å². The number of hydrogen-bond acceptors (Lipinski definition) is 6. The molecule has 1 aliphatic heterocycles. The minimum Gasteiger partial charge on any atom is -0.468 e. The molecule has 0 saturated carbocycles. The van der Waals surface area contributed by atoms with Crippen LogP contribution >= 0.6 is 0 Å². The van der Waals surface area contributed by atoms with Gasteiger partial charge in [0.2, 0.25) is 10.0 Å². The summed E-state index contributed by atoms with van der Waals surface area (Å²) < 4.78 is 32.4. The Morgan fingerprint density at radius 2 is 1.85 bits per heavy atom. The van der Waals surface area contributed by atoms with Crippen LogP contribution in [0.2, 0.25) is 0 Å². The standard InChI is InChI=1S/C18H24N4O3S/c1-15(20-22-11-9-21(2)10-12-22)16-5-7-18(8-6-16)26(23,24)19-14-17-4-3-13-25-17/h3-8,13,19H,9-12,14H2,1-2H3/b20-15+. The fourth-order valence-corrected chi connectivity index (χ4v) is 3.70. The van der Waals surface area contributed by atoms with Crippen LogP contribution in [0.3, 0.4) is 0 Å². The van der Waals surface area contributed by atoms with E-state index in [4.69, 9.17) is 4.42 Å². The van der Waals surface area contributed by atoms with Gasteiger partial charge < -0.3 is 9.32 Å². The number of piperazine rings is 1. The van der Waals surface area contributed by atoms with E-state index in [-0.39, 0.29) is 11.4 Å². The Morgan fingerprint density at radius 3 is 2.46 bits per heavy atom. The normalized spacial score (nSPS) is 16.8. The van der Waals surface area contributed by atoms with Gasteiger partial charge in [-0.15, -0.1) is 0 Å². The molecule has 1 saturated heterocycles. The molecule has 0 amide bonds. The molecule has 0 aliphatic carbocycles. The summed E-state index contributed by atoms with van der Waals surface area (Å²) in [5.41, 5.74) is 1.79. The summed E-state index contributed by atoms with van der Waals surface area (Å²) in [4.78, 5) is 2.50. The molecule has 26 heavy (non-hydrogen) atoms. The molecule has 8 heteroatoms. The molecular formula is C18H24N4O3S. The first-order valence-electron chi connectivity index (χ1n) is 8.55. The Morgan fingerprint density at radius 1 is 1.15 bits per heavy atom. The van der Waals surface area contributed by atoms with Crippen LogP contribution in [0.25, 0.3) is 0 Å². The summed E-state index contributed by atoms with van der Waals surface area (Å²) in [5, 5.41) is 6.71. The van der Waals surface area contributed by atoms with Gasteiger partial charge in [0.25, 0.3) is 0 Å². The Balaban J connectivity index is 1.65. The Labute approximate surface area is 154 Å². The van der Waals surface area contributed by atoms with Gasteiger partial charge in [-0.05, 0) is 43.8 Å². The minimum absolute atomic E-state index is 0.126. The van der Waals surface area contributed by atoms with Gasteiger partial charge in [0, 0.05) is 26.2 Å². The first kappa shape index (κ1) is 18.6. The van der Waals surface area contributed by atoms with Crippen molar-refractivity contribution in [1.82, 2.24) is 14.6 Å². The van der Waals surface area contributed by atoms with Gasteiger partial charge in [-0.2, -0.15) is 5.10 Å². The maximum absolute atomic E-state index is 12.4. The molecule has 1 aromatic carbocycles. The van der Waals surface area contributed by atoms with Crippen LogP contribution in [0.1, 0.15) is 18.2 Å². The van der Waals surface area contributed by atoms with Crippen molar-refractivity contribution < 1.29 is 12.8 Å². The van der Waals surface area contributed by atoms with Crippen molar-refractivity contribution in [2.75, 3.05) is 33.2 Å². The average Bonchev–Trinajstić information content (AvgIpc) is 3.16. The number of benzene rings is 1. The van der Waals surface area contributed by atoms with Crippen molar-refractivity contribution in [3.63, 3.8) is 0 Å². The Hall–Kier alpha value is -2.16. The molecule has 0 unspecified atom stereocenters. The highest BCUT2D eigenvalue weighted by molar-refractivity contribution is 7.89. The largest absolute Gasteiger partial charge is 0.468 e. The molecule has 1 N–H and O–H groups in total. The van der Waals surface area contributed by atoms with Crippen LogP contribution in [0.15, 0.2) is 57.1 Å². The molecule has 0 spiro atoms. The zero-order valence-electron chi connectivity index (χ0n) is 15.1. The number of nitrogens with one attached hydrogen (secondary N) is 1. The number of hydrazone groups is 1. The third kappa shape index (κ3) is 4.72. The summed E-state index contributed by atoms with van der Waals surface area (Å²) in [6.45, 7) is 5.86. The zero-order chi connectivity index (χ0) is 18.6. The monoisotopic (exact) mass is 376 g/mol. The quantitative estimate of drug-likeness (QED) is 0.777. The molecule has 1 aliphatic rings. The highest BCUT2D eigenvalue weighted by Gasteiger charge is 2.15. The van der Waals surface area contributed by atoms with Crippen LogP contribution in [-0.2, 0) is 16.6 Å². The van der Waals surface area contributed by atoms with Crippen LogP contribution in [0, 0.1) is 0 Å². The summed E-state index contributed by atoms with van der Waals surface area (Å²) in [5.74, 6) is 0.570. The highest BCUT2D eigenvalue weighted by Crippen LogP contribution is 2.13. The van der Waals surface area contributed by atoms with E-state index in [1.165, 1.54) is 6.26 Å². The second kappa shape index (κ2) is 8.03. The second-order valence-electron chi connectivity index (χ2n) is 6.37. The third-order valence-corrected chi connectivity index (χ3v) is 5.79. The molecular weight excluding hydrogens is 352 g/mol. The van der Waals surface area contributed by atoms with Crippen molar-refractivity contribution in [3.05, 3.63) is 54.0 Å². The molecule has 0 radical (unpaired) electrons.